The van der Waals surface area contributed by atoms with Gasteiger partial charge in [-0.2, -0.15) is 0 Å². The number of nitro groups is 1. The van der Waals surface area contributed by atoms with Crippen molar-refractivity contribution in [2.45, 2.75) is 69.0 Å². The summed E-state index contributed by atoms with van der Waals surface area (Å²) in [6.07, 6.45) is 7.93. The van der Waals surface area contributed by atoms with Crippen molar-refractivity contribution in [1.29, 1.82) is 0 Å². The number of carbonyl (C=O) groups is 1. The standard InChI is InChI=1S/C50H56ClFN10O6S/c1-49(2)14-11-35(41(28-49)33-3-5-36(51)6-4-33)30-58-20-22-60(23-21-58)37-7-9-40(44(26-37)61-45-25-34-12-17-53-47(34)56-43(45)29-55-61)48(63)57-69(66,67)39-8-10-42(46(27-39)62(64)65)54-32-50(52)15-18-59(19-16-50)38-13-24-68-31-38/h3-10,12,17,25-27,29,38,54-55H,11,13-16,18-24,28,30-32H2,1-2H3,(H,57,63). The molecule has 10 rings (SSSR count). The summed E-state index contributed by atoms with van der Waals surface area (Å²) in [6.45, 7) is 10.8. The molecule has 3 fully saturated rings. The van der Waals surface area contributed by atoms with Crippen LogP contribution in [0.4, 0.5) is 21.5 Å². The van der Waals surface area contributed by atoms with E-state index >= 15 is 4.39 Å². The number of H-pyrrole nitrogens is 1. The fraction of sp³-hybridized carbons (Fsp3) is 0.420. The summed E-state index contributed by atoms with van der Waals surface area (Å²) in [5.74, 6) is -0.944. The number of nitrogens with one attached hydrogen (secondary N) is 3. The minimum absolute atomic E-state index is 0.0248. The summed E-state index contributed by atoms with van der Waals surface area (Å²) < 4.78 is 53.2. The molecule has 0 bridgehead atoms. The molecule has 1 atom stereocenters. The second kappa shape index (κ2) is 18.8. The minimum atomic E-state index is -4.66. The lowest BCUT2D eigenvalue weighted by molar-refractivity contribution is -0.384. The minimum Gasteiger partial charge on any atom is -0.380 e. The van der Waals surface area contributed by atoms with Gasteiger partial charge in [-0.15, -0.1) is 0 Å². The van der Waals surface area contributed by atoms with Crippen molar-refractivity contribution in [3.05, 3.63) is 117 Å². The summed E-state index contributed by atoms with van der Waals surface area (Å²) in [5, 5.41) is 19.9. The monoisotopic (exact) mass is 978 g/mol. The smallest absolute Gasteiger partial charge is 0.293 e. The van der Waals surface area contributed by atoms with Crippen LogP contribution in [-0.2, 0) is 14.8 Å². The number of nitro benzene ring substituents is 1. The van der Waals surface area contributed by atoms with E-state index in [1.54, 1.807) is 23.1 Å². The van der Waals surface area contributed by atoms with Crippen LogP contribution >= 0.6 is 11.6 Å². The lowest BCUT2D eigenvalue weighted by Crippen LogP contribution is -2.49. The summed E-state index contributed by atoms with van der Waals surface area (Å²) in [5.41, 5.74) is 5.13. The molecule has 0 spiro atoms. The maximum Gasteiger partial charge on any atom is 0.293 e. The fourth-order valence-corrected chi connectivity index (χ4v) is 11.5. The number of alkyl halides is 1. The number of hydrogen-bond acceptors (Lipinski definition) is 12. The van der Waals surface area contributed by atoms with Gasteiger partial charge in [0.05, 0.1) is 33.2 Å². The van der Waals surface area contributed by atoms with Crippen molar-refractivity contribution in [3.63, 3.8) is 0 Å². The Bertz CT molecular complexity index is 3060. The van der Waals surface area contributed by atoms with E-state index in [4.69, 9.17) is 16.3 Å². The second-order valence-corrected chi connectivity index (χ2v) is 21.8. The maximum absolute atomic E-state index is 16.0. The Morgan fingerprint density at radius 3 is 2.52 bits per heavy atom. The van der Waals surface area contributed by atoms with Gasteiger partial charge >= 0.3 is 0 Å². The molecular weight excluding hydrogens is 923 g/mol. The molecule has 69 heavy (non-hydrogen) atoms. The van der Waals surface area contributed by atoms with Crippen LogP contribution in [0.5, 0.6) is 0 Å². The molecule has 6 aromatic rings. The zero-order valence-corrected chi connectivity index (χ0v) is 40.3. The molecule has 1 aliphatic carbocycles. The molecule has 1 unspecified atom stereocenters. The normalized spacial score (nSPS) is 20.2. The van der Waals surface area contributed by atoms with Crippen molar-refractivity contribution >= 4 is 72.2 Å². The number of piperidine rings is 1. The quantitative estimate of drug-likeness (QED) is 0.0744. The molecule has 3 aromatic carbocycles. The molecule has 0 saturated carbocycles. The Balaban J connectivity index is 0.879. The third kappa shape index (κ3) is 9.95. The number of halogens is 2. The number of allylic oxidation sites excluding steroid dienone is 1. The van der Waals surface area contributed by atoms with Gasteiger partial charge in [-0.05, 0) is 110 Å². The molecule has 16 nitrogen and oxygen atoms in total. The van der Waals surface area contributed by atoms with Crippen LogP contribution in [0, 0.1) is 15.5 Å². The number of ether oxygens (including phenoxy) is 1. The largest absolute Gasteiger partial charge is 0.380 e. The number of nitrogens with zero attached hydrogens (tertiary/aromatic N) is 7. The zero-order chi connectivity index (χ0) is 48.1. The van der Waals surface area contributed by atoms with Gasteiger partial charge in [0.1, 0.15) is 16.9 Å². The first-order valence-electron chi connectivity index (χ1n) is 23.6. The number of carbonyl (C=O) groups excluding carboxylic acids is 1. The predicted molar refractivity (Wildman–Crippen MR) is 265 cm³/mol. The van der Waals surface area contributed by atoms with Gasteiger partial charge in [0.2, 0.25) is 0 Å². The van der Waals surface area contributed by atoms with E-state index in [9.17, 15) is 23.3 Å². The Hall–Kier alpha value is -5.92. The first kappa shape index (κ1) is 46.8. The van der Waals surface area contributed by atoms with Crippen LogP contribution in [0.1, 0.15) is 68.3 Å². The van der Waals surface area contributed by atoms with Crippen LogP contribution < -0.4 is 14.9 Å². The molecule has 19 heteroatoms. The summed E-state index contributed by atoms with van der Waals surface area (Å²) >= 11 is 6.26. The van der Waals surface area contributed by atoms with E-state index in [0.29, 0.717) is 48.7 Å². The Kier molecular flexibility index (Phi) is 12.7. The number of benzene rings is 3. The second-order valence-electron chi connectivity index (χ2n) is 19.7. The van der Waals surface area contributed by atoms with Crippen molar-refractivity contribution in [2.75, 3.05) is 75.8 Å². The third-order valence-corrected chi connectivity index (χ3v) is 16.1. The summed E-state index contributed by atoms with van der Waals surface area (Å²) in [4.78, 5) is 41.4. The number of pyridine rings is 1. The third-order valence-electron chi connectivity index (χ3n) is 14.5. The summed E-state index contributed by atoms with van der Waals surface area (Å²) in [7, 11) is -4.66. The highest BCUT2D eigenvalue weighted by Gasteiger charge is 2.38. The van der Waals surface area contributed by atoms with E-state index in [0.717, 1.165) is 80.6 Å². The Morgan fingerprint density at radius 2 is 1.78 bits per heavy atom. The molecule has 6 heterocycles. The average Bonchev–Trinajstić information content (AvgIpc) is 4.13. The van der Waals surface area contributed by atoms with Crippen molar-refractivity contribution in [3.8, 4) is 5.69 Å². The number of amides is 1. The van der Waals surface area contributed by atoms with Crippen molar-refractivity contribution in [1.82, 2.24) is 34.3 Å². The number of aromatic nitrogens is 4. The van der Waals surface area contributed by atoms with E-state index < -0.39 is 37.1 Å². The van der Waals surface area contributed by atoms with Crippen molar-refractivity contribution in [2.24, 2.45) is 5.41 Å². The van der Waals surface area contributed by atoms with Crippen LogP contribution in [0.15, 0.2) is 95.7 Å². The summed E-state index contributed by atoms with van der Waals surface area (Å²) in [6, 6.07) is 20.7. The highest BCUT2D eigenvalue weighted by Crippen LogP contribution is 2.43. The predicted octanol–water partition coefficient (Wildman–Crippen LogP) is 8.37. The number of anilines is 2. The zero-order valence-electron chi connectivity index (χ0n) is 38.7. The van der Waals surface area contributed by atoms with Crippen LogP contribution in [0.2, 0.25) is 5.02 Å². The van der Waals surface area contributed by atoms with Gasteiger partial charge in [0.15, 0.2) is 5.65 Å². The van der Waals surface area contributed by atoms with Crippen LogP contribution in [-0.4, -0.2) is 126 Å². The number of rotatable bonds is 13. The van der Waals surface area contributed by atoms with Crippen LogP contribution in [0.25, 0.3) is 33.3 Å². The van der Waals surface area contributed by atoms with Gasteiger partial charge < -0.3 is 15.0 Å². The molecule has 4 aliphatic rings. The topological polar surface area (TPSA) is 184 Å². The van der Waals surface area contributed by atoms with Crippen molar-refractivity contribution < 1.29 is 27.3 Å². The molecule has 3 N–H and O–H groups in total. The Morgan fingerprint density at radius 1 is 1.00 bits per heavy atom. The lowest BCUT2D eigenvalue weighted by Gasteiger charge is -2.39. The van der Waals surface area contributed by atoms with Crippen LogP contribution in [0.3, 0.4) is 0 Å². The number of likely N-dealkylation sites (tertiary alicyclic amines) is 1. The highest BCUT2D eigenvalue weighted by molar-refractivity contribution is 7.90. The number of piperazine rings is 1. The number of sulfonamides is 1. The molecular formula is C50H56ClFN10O6S. The fourth-order valence-electron chi connectivity index (χ4n) is 10.4. The van der Waals surface area contributed by atoms with E-state index in [-0.39, 0.29) is 42.1 Å². The molecule has 362 valence electrons. The lowest BCUT2D eigenvalue weighted by atomic mass is 9.72. The SMILES string of the molecule is CC1(C)CCC(CN2CCN(c3ccc(C(=O)NS(=O)(=O)c4ccc(NCC5(F)CCN(C6CCOC6)CC5)c([N+](=O)[O-])c4)c(-n4[nH]cc5nc6nccc6cc54)c3)CC2)=C(c2ccc(Cl)cc2)C1. The molecule has 0 radical (unpaired) electrons. The molecule has 3 aromatic heterocycles. The van der Waals surface area contributed by atoms with Gasteiger partial charge in [0, 0.05) is 99.6 Å². The van der Waals surface area contributed by atoms with Gasteiger partial charge in [-0.25, -0.2) is 27.5 Å². The number of fused-ring (bicyclic) bond motifs is 2. The average molecular weight is 980 g/mol. The van der Waals surface area contributed by atoms with E-state index in [1.165, 1.54) is 28.8 Å². The van der Waals surface area contributed by atoms with Gasteiger partial charge in [0.25, 0.3) is 21.6 Å². The maximum atomic E-state index is 16.0. The molecule has 3 aliphatic heterocycles. The van der Waals surface area contributed by atoms with Gasteiger partial charge in [-0.3, -0.25) is 34.5 Å². The molecule has 1 amide bonds. The highest BCUT2D eigenvalue weighted by atomic mass is 35.5. The number of aromatic amines is 1. The van der Waals surface area contributed by atoms with Gasteiger partial charge in [-0.1, -0.05) is 43.2 Å². The molecule has 3 saturated heterocycles. The first-order valence-corrected chi connectivity index (χ1v) is 25.5. The number of hydrogen-bond donors (Lipinski definition) is 3. The van der Waals surface area contributed by atoms with E-state index in [1.807, 2.05) is 36.4 Å². The first-order chi connectivity index (χ1) is 33.1. The van der Waals surface area contributed by atoms with E-state index in [2.05, 4.69) is 65.8 Å². The Labute approximate surface area is 405 Å².